The first-order valence-corrected chi connectivity index (χ1v) is 17.8. The number of aliphatic hydroxyl groups excluding tert-OH is 1. The van der Waals surface area contributed by atoms with Crippen LogP contribution in [0.3, 0.4) is 0 Å². The first kappa shape index (κ1) is 39.3. The number of carbonyl (C=O) groups is 2. The number of amides is 2. The second kappa shape index (κ2) is 20.4. The number of anilines is 1. The first-order chi connectivity index (χ1) is 24.6. The van der Waals surface area contributed by atoms with E-state index in [1.807, 2.05) is 106 Å². The van der Waals surface area contributed by atoms with Gasteiger partial charge in [0.25, 0.3) is 5.91 Å². The molecular formula is C37H49N7O6S. The number of fused-ring (bicyclic) bond motifs is 1. The lowest BCUT2D eigenvalue weighted by atomic mass is 10.00. The molecule has 2 amide bonds. The fourth-order valence-corrected chi connectivity index (χ4v) is 5.82. The van der Waals surface area contributed by atoms with E-state index in [-0.39, 0.29) is 25.0 Å². The molecule has 3 aromatic carbocycles. The Morgan fingerprint density at radius 2 is 1.63 bits per heavy atom. The van der Waals surface area contributed by atoms with Crippen LogP contribution in [0.4, 0.5) is 16.5 Å². The number of nitrogens with zero attached hydrogens (tertiary/aromatic N) is 4. The molecule has 4 aromatic rings. The van der Waals surface area contributed by atoms with Crippen molar-refractivity contribution < 1.29 is 28.9 Å². The number of aromatic nitrogens is 1. The van der Waals surface area contributed by atoms with Crippen LogP contribution in [0.2, 0.25) is 0 Å². The maximum Gasteiger partial charge on any atom is 0.251 e. The van der Waals surface area contributed by atoms with E-state index in [2.05, 4.69) is 25.8 Å². The highest BCUT2D eigenvalue weighted by molar-refractivity contribution is 7.21. The fraction of sp³-hybridized carbons (Fsp3) is 0.432. The maximum atomic E-state index is 12.9. The van der Waals surface area contributed by atoms with E-state index in [1.54, 1.807) is 0 Å². The van der Waals surface area contributed by atoms with E-state index in [1.165, 1.54) is 11.3 Å². The summed E-state index contributed by atoms with van der Waals surface area (Å²) in [5.74, 6) is -0.172. The molecule has 1 heterocycles. The van der Waals surface area contributed by atoms with Crippen LogP contribution in [0.5, 0.6) is 5.75 Å². The van der Waals surface area contributed by atoms with Crippen molar-refractivity contribution in [3.8, 4) is 5.75 Å². The molecule has 51 heavy (non-hydrogen) atoms. The van der Waals surface area contributed by atoms with Crippen LogP contribution in [0.15, 0.2) is 83.0 Å². The van der Waals surface area contributed by atoms with Crippen molar-refractivity contribution in [1.29, 1.82) is 0 Å². The zero-order valence-electron chi connectivity index (χ0n) is 29.7. The summed E-state index contributed by atoms with van der Waals surface area (Å²) < 4.78 is 18.0. The van der Waals surface area contributed by atoms with Gasteiger partial charge in [0.1, 0.15) is 24.5 Å². The van der Waals surface area contributed by atoms with E-state index < -0.39 is 24.1 Å². The van der Waals surface area contributed by atoms with Crippen molar-refractivity contribution in [2.75, 3.05) is 58.6 Å². The van der Waals surface area contributed by atoms with E-state index in [9.17, 15) is 14.7 Å². The van der Waals surface area contributed by atoms with Crippen LogP contribution in [0, 0.1) is 5.92 Å². The Hall–Kier alpha value is -4.47. The van der Waals surface area contributed by atoms with Crippen molar-refractivity contribution in [3.05, 3.63) is 78.4 Å². The van der Waals surface area contributed by atoms with Gasteiger partial charge < -0.3 is 40.6 Å². The summed E-state index contributed by atoms with van der Waals surface area (Å²) in [5.41, 5.74) is 9.68. The molecule has 0 radical (unpaired) electrons. The molecule has 14 heteroatoms. The summed E-state index contributed by atoms with van der Waals surface area (Å²) in [5, 5.41) is 25.1. The van der Waals surface area contributed by atoms with E-state index in [0.717, 1.165) is 27.2 Å². The molecule has 3 atom stereocenters. The number of hydrogen-bond acceptors (Lipinski definition) is 12. The second-order valence-electron chi connectivity index (χ2n) is 12.6. The highest BCUT2D eigenvalue weighted by atomic mass is 32.1. The third-order valence-electron chi connectivity index (χ3n) is 7.71. The highest BCUT2D eigenvalue weighted by Crippen LogP contribution is 2.32. The number of rotatable bonds is 21. The van der Waals surface area contributed by atoms with Crippen molar-refractivity contribution >= 4 is 49.9 Å². The maximum absolute atomic E-state index is 12.9. The normalized spacial score (nSPS) is 13.3. The van der Waals surface area contributed by atoms with Gasteiger partial charge in [-0.3, -0.25) is 9.59 Å². The molecule has 0 fully saturated rings. The molecule has 0 saturated heterocycles. The molecule has 1 aromatic heterocycles. The van der Waals surface area contributed by atoms with Gasteiger partial charge in [-0.2, -0.15) is 0 Å². The molecule has 0 spiro atoms. The van der Waals surface area contributed by atoms with Crippen molar-refractivity contribution in [2.45, 2.75) is 44.9 Å². The number of nitrogens with one attached hydrogen (secondary N) is 2. The molecule has 0 aliphatic heterocycles. The third-order valence-corrected chi connectivity index (χ3v) is 8.61. The van der Waals surface area contributed by atoms with Crippen LogP contribution in [-0.2, 0) is 25.5 Å². The van der Waals surface area contributed by atoms with Crippen molar-refractivity contribution in [1.82, 2.24) is 15.6 Å². The fourth-order valence-electron chi connectivity index (χ4n) is 5.01. The average molecular weight is 720 g/mol. The van der Waals surface area contributed by atoms with Crippen LogP contribution in [-0.4, -0.2) is 93.8 Å². The number of carbonyl (C=O) groups excluding carboxylic acids is 2. The molecule has 0 aliphatic rings. The lowest BCUT2D eigenvalue weighted by molar-refractivity contribution is -0.135. The van der Waals surface area contributed by atoms with Gasteiger partial charge in [-0.25, -0.2) is 4.98 Å². The Kier molecular flexibility index (Phi) is 15.7. The number of ether oxygens (including phenoxy) is 3. The van der Waals surface area contributed by atoms with E-state index >= 15 is 0 Å². The van der Waals surface area contributed by atoms with Crippen molar-refractivity contribution in [2.24, 2.45) is 21.9 Å². The van der Waals surface area contributed by atoms with E-state index in [4.69, 9.17) is 19.9 Å². The molecule has 4 rings (SSSR count). The van der Waals surface area contributed by atoms with Gasteiger partial charge in [0, 0.05) is 32.4 Å². The minimum Gasteiger partial charge on any atom is -0.491 e. The average Bonchev–Trinajstić information content (AvgIpc) is 3.53. The standard InChI is InChI=1S/C37H49N7O6S/c1-25(2)22-32(40-36(47)34(45)30(38)23-26-8-6-5-7-9-26)35(46)39-16-17-48-18-19-49-20-21-50-29-14-15-31-33(24-29)51-37(41-31)43-42-27-10-12-28(13-11-27)44(3)4/h5-15,24-25,30,32,34,45H,16-23,38H2,1-4H3,(H,39,46)(H,40,47)/t30-,32+,34+/m1/s1. The zero-order valence-corrected chi connectivity index (χ0v) is 30.5. The quantitative estimate of drug-likeness (QED) is 0.0699. The van der Waals surface area contributed by atoms with Crippen molar-refractivity contribution in [3.63, 3.8) is 0 Å². The van der Waals surface area contributed by atoms with Crippen LogP contribution < -0.4 is 26.0 Å². The summed E-state index contributed by atoms with van der Waals surface area (Å²) in [7, 11) is 3.98. The van der Waals surface area contributed by atoms with Gasteiger partial charge >= 0.3 is 0 Å². The van der Waals surface area contributed by atoms with Crippen LogP contribution in [0.25, 0.3) is 10.2 Å². The number of benzene rings is 3. The summed E-state index contributed by atoms with van der Waals surface area (Å²) in [6.45, 7) is 5.90. The SMILES string of the molecule is CC(C)C[C@H](NC(=O)[C@@H](O)[C@H](N)Cc1ccccc1)C(=O)NCCOCCOCCOc1ccc2nc(N=Nc3ccc(N(C)C)cc3)sc2c1. The lowest BCUT2D eigenvalue weighted by Gasteiger charge is -2.24. The van der Waals surface area contributed by atoms with Gasteiger partial charge in [0.15, 0.2) is 0 Å². The number of aliphatic hydroxyl groups is 1. The Morgan fingerprint density at radius 1 is 0.922 bits per heavy atom. The molecule has 0 saturated carbocycles. The zero-order chi connectivity index (χ0) is 36.6. The molecule has 0 aliphatic carbocycles. The molecule has 5 N–H and O–H groups in total. The number of azo groups is 1. The lowest BCUT2D eigenvalue weighted by Crippen LogP contribution is -2.54. The van der Waals surface area contributed by atoms with Crippen LogP contribution >= 0.6 is 11.3 Å². The number of nitrogens with two attached hydrogens (primary N) is 1. The molecule has 0 unspecified atom stereocenters. The Morgan fingerprint density at radius 3 is 2.33 bits per heavy atom. The Labute approximate surface area is 303 Å². The monoisotopic (exact) mass is 719 g/mol. The summed E-state index contributed by atoms with van der Waals surface area (Å²) >= 11 is 1.44. The Bertz CT molecular complexity index is 1680. The Balaban J connectivity index is 1.08. The first-order valence-electron chi connectivity index (χ1n) is 17.0. The molecular weight excluding hydrogens is 671 g/mol. The third kappa shape index (κ3) is 13.3. The topological polar surface area (TPSA) is 173 Å². The number of thiazole rings is 1. The van der Waals surface area contributed by atoms with E-state index in [0.29, 0.717) is 50.2 Å². The predicted molar refractivity (Wildman–Crippen MR) is 200 cm³/mol. The highest BCUT2D eigenvalue weighted by Gasteiger charge is 2.28. The van der Waals surface area contributed by atoms with Gasteiger partial charge in [-0.15, -0.1) is 10.2 Å². The molecule has 13 nitrogen and oxygen atoms in total. The minimum absolute atomic E-state index is 0.136. The van der Waals surface area contributed by atoms with Gasteiger partial charge in [-0.1, -0.05) is 55.5 Å². The second-order valence-corrected chi connectivity index (χ2v) is 13.6. The van der Waals surface area contributed by atoms with Gasteiger partial charge in [0.2, 0.25) is 11.0 Å². The molecule has 0 bridgehead atoms. The predicted octanol–water partition coefficient (Wildman–Crippen LogP) is 4.77. The molecule has 274 valence electrons. The minimum atomic E-state index is -1.45. The van der Waals surface area contributed by atoms with Gasteiger partial charge in [-0.05, 0) is 66.8 Å². The largest absolute Gasteiger partial charge is 0.491 e. The summed E-state index contributed by atoms with van der Waals surface area (Å²) in [4.78, 5) is 32.2. The summed E-state index contributed by atoms with van der Waals surface area (Å²) in [6.07, 6.45) is -0.705. The number of hydrogen-bond donors (Lipinski definition) is 4. The smallest absolute Gasteiger partial charge is 0.251 e. The van der Waals surface area contributed by atoms with Crippen LogP contribution in [0.1, 0.15) is 25.8 Å². The summed E-state index contributed by atoms with van der Waals surface area (Å²) in [6, 6.07) is 21.3. The van der Waals surface area contributed by atoms with Gasteiger partial charge in [0.05, 0.1) is 42.3 Å².